The first-order valence-electron chi connectivity index (χ1n) is 12.2. The molecule has 0 aliphatic carbocycles. The van der Waals surface area contributed by atoms with E-state index in [2.05, 4.69) is 34.7 Å². The Bertz CT molecular complexity index is 1490. The number of rotatable bonds is 5. The van der Waals surface area contributed by atoms with Crippen LogP contribution in [-0.2, 0) is 13.2 Å². The number of anilines is 3. The molecule has 0 spiro atoms. The number of aromatic nitrogens is 7. The van der Waals surface area contributed by atoms with Crippen molar-refractivity contribution in [3.8, 4) is 11.4 Å². The van der Waals surface area contributed by atoms with Crippen molar-refractivity contribution >= 4 is 34.3 Å². The van der Waals surface area contributed by atoms with Gasteiger partial charge < -0.3 is 15.1 Å². The molecule has 2 bridgehead atoms. The molecule has 4 aromatic heterocycles. The third kappa shape index (κ3) is 4.89. The predicted molar refractivity (Wildman–Crippen MR) is 137 cm³/mol. The van der Waals surface area contributed by atoms with Crippen LogP contribution in [0.2, 0.25) is 0 Å². The first-order valence-corrected chi connectivity index (χ1v) is 13.0. The monoisotopic (exact) mass is 556 g/mol. The van der Waals surface area contributed by atoms with Crippen LogP contribution in [0, 0.1) is 6.92 Å². The molecule has 1 N–H and O–H groups in total. The van der Waals surface area contributed by atoms with Gasteiger partial charge in [0.15, 0.2) is 5.82 Å². The second-order valence-corrected chi connectivity index (χ2v) is 10.3. The van der Waals surface area contributed by atoms with Gasteiger partial charge in [0.1, 0.15) is 5.82 Å². The molecule has 1 amide bonds. The predicted octanol–water partition coefficient (Wildman–Crippen LogP) is 3.69. The van der Waals surface area contributed by atoms with Crippen molar-refractivity contribution in [2.75, 3.05) is 23.3 Å². The normalized spacial score (nSPS) is 19.0. The van der Waals surface area contributed by atoms with Crippen LogP contribution in [0.5, 0.6) is 0 Å². The summed E-state index contributed by atoms with van der Waals surface area (Å²) in [6.45, 7) is 2.81. The van der Waals surface area contributed by atoms with Crippen LogP contribution in [0.15, 0.2) is 36.9 Å². The fraction of sp³-hybridized carbons (Fsp3) is 0.375. The third-order valence-electron chi connectivity index (χ3n) is 6.89. The maximum Gasteiger partial charge on any atom is 0.419 e. The summed E-state index contributed by atoms with van der Waals surface area (Å²) >= 11 is 1.20. The van der Waals surface area contributed by atoms with Crippen molar-refractivity contribution in [2.45, 2.75) is 38.0 Å². The molecule has 39 heavy (non-hydrogen) atoms. The zero-order valence-corrected chi connectivity index (χ0v) is 21.7. The number of aryl methyl sites for hydroxylation is 2. The van der Waals surface area contributed by atoms with Gasteiger partial charge >= 0.3 is 6.18 Å². The molecule has 11 nitrogen and oxygen atoms in total. The summed E-state index contributed by atoms with van der Waals surface area (Å²) in [7, 11) is 1.84. The Labute approximate surface area is 224 Å². The van der Waals surface area contributed by atoms with Crippen molar-refractivity contribution in [2.24, 2.45) is 7.05 Å². The summed E-state index contributed by atoms with van der Waals surface area (Å²) in [6.07, 6.45) is 2.11. The average Bonchev–Trinajstić information content (AvgIpc) is 3.58. The number of pyridine rings is 1. The van der Waals surface area contributed by atoms with Crippen molar-refractivity contribution in [3.63, 3.8) is 0 Å². The number of piperazine rings is 1. The summed E-state index contributed by atoms with van der Waals surface area (Å²) in [5, 5.41) is 8.01. The number of fused-ring (bicyclic) bond motifs is 2. The number of amides is 1. The summed E-state index contributed by atoms with van der Waals surface area (Å²) in [6, 6.07) is 3.26. The molecular weight excluding hydrogens is 533 g/mol. The number of alkyl halides is 3. The lowest BCUT2D eigenvalue weighted by Crippen LogP contribution is -2.56. The smallest absolute Gasteiger partial charge is 0.337 e. The molecule has 2 fully saturated rings. The highest BCUT2D eigenvalue weighted by Gasteiger charge is 2.43. The minimum Gasteiger partial charge on any atom is -0.337 e. The first kappa shape index (κ1) is 25.2. The molecule has 0 saturated carbocycles. The molecule has 15 heteroatoms. The number of hydrogen-bond donors (Lipinski definition) is 1. The van der Waals surface area contributed by atoms with Gasteiger partial charge in [-0.25, -0.2) is 15.0 Å². The lowest BCUT2D eigenvalue weighted by molar-refractivity contribution is -0.138. The van der Waals surface area contributed by atoms with Gasteiger partial charge in [0.25, 0.3) is 5.91 Å². The molecule has 0 radical (unpaired) electrons. The SMILES string of the molecule is Cc1nn(C)cc1-c1nsc(Nc2ccc(C(=O)N3C4CCC3CN(c3ncc(C(F)(F)F)cn3)C4)cn2)n1. The van der Waals surface area contributed by atoms with Crippen LogP contribution < -0.4 is 10.2 Å². The van der Waals surface area contributed by atoms with Crippen LogP contribution >= 0.6 is 11.5 Å². The van der Waals surface area contributed by atoms with E-state index in [-0.39, 0.29) is 23.9 Å². The maximum atomic E-state index is 13.4. The Morgan fingerprint density at radius 2 is 1.79 bits per heavy atom. The van der Waals surface area contributed by atoms with Crippen molar-refractivity contribution in [1.82, 2.24) is 39.0 Å². The Morgan fingerprint density at radius 1 is 1.08 bits per heavy atom. The van der Waals surface area contributed by atoms with Gasteiger partial charge in [-0.1, -0.05) is 0 Å². The second kappa shape index (κ2) is 9.55. The third-order valence-corrected chi connectivity index (χ3v) is 7.52. The Kier molecular flexibility index (Phi) is 6.16. The van der Waals surface area contributed by atoms with Crippen molar-refractivity contribution < 1.29 is 18.0 Å². The molecule has 2 atom stereocenters. The number of nitrogens with one attached hydrogen (secondary N) is 1. The van der Waals surface area contributed by atoms with E-state index in [9.17, 15) is 18.0 Å². The topological polar surface area (TPSA) is 118 Å². The van der Waals surface area contributed by atoms with Gasteiger partial charge in [0, 0.05) is 56.5 Å². The first-order chi connectivity index (χ1) is 18.7. The van der Waals surface area contributed by atoms with E-state index in [1.54, 1.807) is 16.8 Å². The summed E-state index contributed by atoms with van der Waals surface area (Å²) < 4.78 is 44.7. The van der Waals surface area contributed by atoms with E-state index >= 15 is 0 Å². The highest BCUT2D eigenvalue weighted by molar-refractivity contribution is 7.09. The van der Waals surface area contributed by atoms with E-state index < -0.39 is 11.7 Å². The van der Waals surface area contributed by atoms with Gasteiger partial charge in [-0.3, -0.25) is 9.48 Å². The second-order valence-electron chi connectivity index (χ2n) is 9.55. The van der Waals surface area contributed by atoms with Gasteiger partial charge in [0.2, 0.25) is 11.1 Å². The van der Waals surface area contributed by atoms with Gasteiger partial charge in [-0.15, -0.1) is 0 Å². The number of halogens is 3. The van der Waals surface area contributed by atoms with Crippen molar-refractivity contribution in [1.29, 1.82) is 0 Å². The molecule has 2 saturated heterocycles. The number of hydrogen-bond acceptors (Lipinski definition) is 10. The van der Waals surface area contributed by atoms with Crippen LogP contribution in [0.4, 0.5) is 30.1 Å². The lowest BCUT2D eigenvalue weighted by Gasteiger charge is -2.41. The molecule has 2 aliphatic rings. The summed E-state index contributed by atoms with van der Waals surface area (Å²) in [5.74, 6) is 1.23. The number of nitrogens with zero attached hydrogens (tertiary/aromatic N) is 9. The van der Waals surface area contributed by atoms with Crippen LogP contribution in [0.1, 0.15) is 34.5 Å². The van der Waals surface area contributed by atoms with E-state index in [1.165, 1.54) is 17.7 Å². The molecule has 202 valence electrons. The van der Waals surface area contributed by atoms with E-state index in [0.717, 1.165) is 36.5 Å². The van der Waals surface area contributed by atoms with Gasteiger partial charge in [-0.05, 0) is 31.9 Å². The summed E-state index contributed by atoms with van der Waals surface area (Å²) in [5.41, 5.74) is 1.27. The van der Waals surface area contributed by atoms with Gasteiger partial charge in [0.05, 0.1) is 34.5 Å². The van der Waals surface area contributed by atoms with E-state index in [1.807, 2.05) is 30.0 Å². The van der Waals surface area contributed by atoms with Crippen LogP contribution in [-0.4, -0.2) is 70.1 Å². The highest BCUT2D eigenvalue weighted by Crippen LogP contribution is 2.34. The largest absolute Gasteiger partial charge is 0.419 e. The lowest BCUT2D eigenvalue weighted by atomic mass is 10.1. The highest BCUT2D eigenvalue weighted by atomic mass is 32.1. The quantitative estimate of drug-likeness (QED) is 0.393. The molecule has 2 aliphatic heterocycles. The summed E-state index contributed by atoms with van der Waals surface area (Å²) in [4.78, 5) is 33.8. The minimum absolute atomic E-state index is 0.0873. The molecular formula is C24H23F3N10OS. The molecule has 6 rings (SSSR count). The van der Waals surface area contributed by atoms with E-state index in [4.69, 9.17) is 0 Å². The van der Waals surface area contributed by atoms with Crippen LogP contribution in [0.3, 0.4) is 0 Å². The zero-order chi connectivity index (χ0) is 27.3. The van der Waals surface area contributed by atoms with Crippen LogP contribution in [0.25, 0.3) is 11.4 Å². The van der Waals surface area contributed by atoms with E-state index in [0.29, 0.717) is 35.4 Å². The molecule has 2 unspecified atom stereocenters. The Morgan fingerprint density at radius 3 is 2.38 bits per heavy atom. The average molecular weight is 557 g/mol. The zero-order valence-electron chi connectivity index (χ0n) is 20.9. The number of carbonyl (C=O) groups excluding carboxylic acids is 1. The fourth-order valence-electron chi connectivity index (χ4n) is 5.08. The van der Waals surface area contributed by atoms with Gasteiger partial charge in [-0.2, -0.15) is 27.6 Å². The molecule has 6 heterocycles. The fourth-order valence-corrected chi connectivity index (χ4v) is 5.67. The minimum atomic E-state index is -4.49. The molecule has 0 aromatic carbocycles. The Hall–Kier alpha value is -4.14. The molecule has 4 aromatic rings. The van der Waals surface area contributed by atoms with Crippen molar-refractivity contribution in [3.05, 3.63) is 53.7 Å². The maximum absolute atomic E-state index is 13.4. The standard InChI is InChI=1S/C24H23F3N10OS/c1-13-18(12-35(2)33-13)20-32-23(39-34-20)31-19-6-3-14(7-28-19)21(38)37-16-4-5-17(37)11-36(10-16)22-29-8-15(9-30-22)24(25,26)27/h3,6-9,12,16-17H,4-5,10-11H2,1-2H3,(H,28,31,32,34). The number of carbonyl (C=O) groups is 1. The Balaban J connectivity index is 1.11.